The Morgan fingerprint density at radius 2 is 1.92 bits per heavy atom. The Bertz CT molecular complexity index is 209. The summed E-state index contributed by atoms with van der Waals surface area (Å²) in [7, 11) is 0.385. The molecule has 0 spiro atoms. The molecule has 0 N–H and O–H groups in total. The summed E-state index contributed by atoms with van der Waals surface area (Å²) in [5.41, 5.74) is -0.649. The molecular formula is C9H18O3S. The highest BCUT2D eigenvalue weighted by atomic mass is 32.2. The van der Waals surface area contributed by atoms with Crippen LogP contribution in [-0.2, 0) is 20.3 Å². The molecule has 0 aliphatic carbocycles. The molecule has 1 atom stereocenters. The molecule has 78 valence electrons. The zero-order valence-corrected chi connectivity index (χ0v) is 9.73. The van der Waals surface area contributed by atoms with Gasteiger partial charge < -0.3 is 4.74 Å². The fourth-order valence-electron chi connectivity index (χ4n) is 0.858. The largest absolute Gasteiger partial charge is 0.469 e. The van der Waals surface area contributed by atoms with E-state index in [-0.39, 0.29) is 11.2 Å². The van der Waals surface area contributed by atoms with E-state index in [4.69, 9.17) is 0 Å². The molecule has 0 heterocycles. The maximum atomic E-state index is 11.5. The van der Waals surface area contributed by atoms with Gasteiger partial charge in [-0.05, 0) is 13.8 Å². The van der Waals surface area contributed by atoms with Crippen LogP contribution in [0.4, 0.5) is 0 Å². The number of hydrogen-bond acceptors (Lipinski definition) is 3. The molecule has 0 aliphatic rings. The molecule has 0 saturated heterocycles. The van der Waals surface area contributed by atoms with Crippen LogP contribution < -0.4 is 0 Å². The van der Waals surface area contributed by atoms with E-state index in [1.165, 1.54) is 7.11 Å². The predicted octanol–water partition coefficient (Wildman–Crippen LogP) is 1.34. The smallest absolute Gasteiger partial charge is 0.312 e. The second kappa shape index (κ2) is 4.74. The van der Waals surface area contributed by atoms with Crippen molar-refractivity contribution in [3.63, 3.8) is 0 Å². The van der Waals surface area contributed by atoms with E-state index in [1.807, 2.05) is 13.8 Å². The lowest BCUT2D eigenvalue weighted by atomic mass is 9.97. The number of carbonyl (C=O) groups excluding carboxylic acids is 1. The first-order chi connectivity index (χ1) is 5.81. The molecule has 1 unspecified atom stereocenters. The van der Waals surface area contributed by atoms with Crippen molar-refractivity contribution < 1.29 is 13.7 Å². The van der Waals surface area contributed by atoms with Crippen LogP contribution in [0.25, 0.3) is 0 Å². The molecule has 0 aromatic rings. The van der Waals surface area contributed by atoms with Gasteiger partial charge in [-0.1, -0.05) is 13.8 Å². The summed E-state index contributed by atoms with van der Waals surface area (Å²) >= 11 is 0. The first-order valence-corrected chi connectivity index (χ1v) is 5.65. The van der Waals surface area contributed by atoms with E-state index in [0.29, 0.717) is 5.75 Å². The van der Waals surface area contributed by atoms with Gasteiger partial charge in [0.15, 0.2) is 0 Å². The van der Waals surface area contributed by atoms with Gasteiger partial charge in [0.25, 0.3) is 0 Å². The quantitative estimate of drug-likeness (QED) is 0.652. The Morgan fingerprint density at radius 3 is 2.23 bits per heavy atom. The van der Waals surface area contributed by atoms with Crippen molar-refractivity contribution in [1.82, 2.24) is 0 Å². The molecule has 0 amide bonds. The molecule has 0 rings (SSSR count). The molecule has 0 aliphatic heterocycles. The molecule has 3 nitrogen and oxygen atoms in total. The Morgan fingerprint density at radius 1 is 1.46 bits per heavy atom. The minimum atomic E-state index is -0.964. The van der Waals surface area contributed by atoms with Gasteiger partial charge in [-0.2, -0.15) is 0 Å². The van der Waals surface area contributed by atoms with Gasteiger partial charge in [0.2, 0.25) is 0 Å². The van der Waals surface area contributed by atoms with E-state index in [2.05, 4.69) is 4.74 Å². The predicted molar refractivity (Wildman–Crippen MR) is 53.9 cm³/mol. The Kier molecular flexibility index (Phi) is 4.61. The first kappa shape index (κ1) is 12.6. The van der Waals surface area contributed by atoms with Gasteiger partial charge in [0.1, 0.15) is 0 Å². The Balaban J connectivity index is 4.33. The number of esters is 1. The van der Waals surface area contributed by atoms with Crippen molar-refractivity contribution in [2.24, 2.45) is 5.41 Å². The van der Waals surface area contributed by atoms with E-state index >= 15 is 0 Å². The van der Waals surface area contributed by atoms with Crippen molar-refractivity contribution >= 4 is 16.8 Å². The molecule has 0 radical (unpaired) electrons. The minimum Gasteiger partial charge on any atom is -0.469 e. The summed E-state index contributed by atoms with van der Waals surface area (Å²) in [5, 5.41) is 0.0870. The molecule has 4 heteroatoms. The summed E-state index contributed by atoms with van der Waals surface area (Å²) in [4.78, 5) is 11.2. The second-order valence-corrected chi connectivity index (χ2v) is 5.94. The van der Waals surface area contributed by atoms with Gasteiger partial charge in [-0.3, -0.25) is 9.00 Å². The van der Waals surface area contributed by atoms with Crippen LogP contribution in [0.3, 0.4) is 0 Å². The molecule has 13 heavy (non-hydrogen) atoms. The van der Waals surface area contributed by atoms with Crippen LogP contribution in [0, 0.1) is 5.41 Å². The lowest BCUT2D eigenvalue weighted by Gasteiger charge is -2.21. The van der Waals surface area contributed by atoms with Crippen molar-refractivity contribution in [3.8, 4) is 0 Å². The van der Waals surface area contributed by atoms with Crippen LogP contribution in [-0.4, -0.2) is 28.3 Å². The average Bonchev–Trinajstić information content (AvgIpc) is 2.01. The third-order valence-corrected chi connectivity index (χ3v) is 3.82. The lowest BCUT2D eigenvalue weighted by molar-refractivity contribution is -0.149. The highest BCUT2D eigenvalue weighted by molar-refractivity contribution is 7.85. The van der Waals surface area contributed by atoms with Crippen molar-refractivity contribution in [3.05, 3.63) is 0 Å². The highest BCUT2D eigenvalue weighted by Gasteiger charge is 2.31. The van der Waals surface area contributed by atoms with Crippen LogP contribution in [0.5, 0.6) is 0 Å². The summed E-state index contributed by atoms with van der Waals surface area (Å²) in [6, 6.07) is 0. The summed E-state index contributed by atoms with van der Waals surface area (Å²) in [5.74, 6) is 0.0543. The van der Waals surface area contributed by atoms with Gasteiger partial charge in [0.05, 0.1) is 12.5 Å². The van der Waals surface area contributed by atoms with Crippen molar-refractivity contribution in [2.75, 3.05) is 12.9 Å². The van der Waals surface area contributed by atoms with Gasteiger partial charge in [0, 0.05) is 21.8 Å². The lowest BCUT2D eigenvalue weighted by Crippen LogP contribution is -2.33. The van der Waals surface area contributed by atoms with Crippen molar-refractivity contribution in [1.29, 1.82) is 0 Å². The summed E-state index contributed by atoms with van der Waals surface area (Å²) < 4.78 is 16.1. The Hall–Kier alpha value is -0.380. The standard InChI is InChI=1S/C9H18O3S/c1-7(2)13(11)6-9(3,4)8(10)12-5/h7H,6H2,1-5H3. The number of carbonyl (C=O) groups is 1. The van der Waals surface area contributed by atoms with Gasteiger partial charge in [-0.15, -0.1) is 0 Å². The fourth-order valence-corrected chi connectivity index (χ4v) is 2.02. The molecular weight excluding hydrogens is 188 g/mol. The molecule has 0 saturated carbocycles. The van der Waals surface area contributed by atoms with Crippen LogP contribution >= 0.6 is 0 Å². The van der Waals surface area contributed by atoms with E-state index in [0.717, 1.165) is 0 Å². The molecule has 0 fully saturated rings. The van der Waals surface area contributed by atoms with E-state index in [1.54, 1.807) is 13.8 Å². The highest BCUT2D eigenvalue weighted by Crippen LogP contribution is 2.19. The number of hydrogen-bond donors (Lipinski definition) is 0. The zero-order valence-electron chi connectivity index (χ0n) is 8.92. The Labute approximate surface area is 82.3 Å². The summed E-state index contributed by atoms with van der Waals surface area (Å²) in [6.07, 6.45) is 0. The molecule has 0 bridgehead atoms. The fraction of sp³-hybridized carbons (Fsp3) is 0.889. The maximum Gasteiger partial charge on any atom is 0.312 e. The topological polar surface area (TPSA) is 43.4 Å². The van der Waals surface area contributed by atoms with Crippen LogP contribution in [0.15, 0.2) is 0 Å². The molecule has 0 aromatic carbocycles. The zero-order chi connectivity index (χ0) is 10.6. The number of rotatable bonds is 4. The van der Waals surface area contributed by atoms with Gasteiger partial charge >= 0.3 is 5.97 Å². The summed E-state index contributed by atoms with van der Waals surface area (Å²) in [6.45, 7) is 7.26. The third kappa shape index (κ3) is 3.89. The average molecular weight is 206 g/mol. The number of ether oxygens (including phenoxy) is 1. The second-order valence-electron chi connectivity index (χ2n) is 3.95. The van der Waals surface area contributed by atoms with E-state index < -0.39 is 16.2 Å². The minimum absolute atomic E-state index is 0.0870. The first-order valence-electron chi connectivity index (χ1n) is 4.27. The van der Waals surface area contributed by atoms with E-state index in [9.17, 15) is 9.00 Å². The number of methoxy groups -OCH3 is 1. The van der Waals surface area contributed by atoms with Crippen LogP contribution in [0.2, 0.25) is 0 Å². The van der Waals surface area contributed by atoms with Gasteiger partial charge in [-0.25, -0.2) is 0 Å². The van der Waals surface area contributed by atoms with Crippen molar-refractivity contribution in [2.45, 2.75) is 32.9 Å². The SMILES string of the molecule is COC(=O)C(C)(C)CS(=O)C(C)C. The third-order valence-electron chi connectivity index (χ3n) is 1.77. The molecule has 0 aromatic heterocycles. The van der Waals surface area contributed by atoms with Crippen LogP contribution in [0.1, 0.15) is 27.7 Å². The maximum absolute atomic E-state index is 11.5. The monoisotopic (exact) mass is 206 g/mol. The normalized spacial score (nSPS) is 14.3.